The molecule has 1 aliphatic rings. The summed E-state index contributed by atoms with van der Waals surface area (Å²) in [7, 11) is 0. The molecule has 2 heterocycles. The molecule has 174 valence electrons. The number of carbonyl (C=O) groups is 1. The topological polar surface area (TPSA) is 67.6 Å². The summed E-state index contributed by atoms with van der Waals surface area (Å²) >= 11 is 0. The van der Waals surface area contributed by atoms with Gasteiger partial charge >= 0.3 is 0 Å². The quantitative estimate of drug-likeness (QED) is 0.559. The van der Waals surface area contributed by atoms with Gasteiger partial charge in [-0.1, -0.05) is 55.4 Å². The number of benzene rings is 2. The van der Waals surface area contributed by atoms with Crippen LogP contribution in [-0.2, 0) is 4.74 Å². The van der Waals surface area contributed by atoms with E-state index >= 15 is 0 Å². The van der Waals surface area contributed by atoms with Crippen LogP contribution in [0.2, 0.25) is 0 Å². The van der Waals surface area contributed by atoms with E-state index in [1.165, 1.54) is 22.3 Å². The number of morpholine rings is 1. The lowest BCUT2D eigenvalue weighted by Crippen LogP contribution is -2.43. The Morgan fingerprint density at radius 3 is 2.36 bits per heavy atom. The summed E-state index contributed by atoms with van der Waals surface area (Å²) in [5.41, 5.74) is 6.10. The van der Waals surface area contributed by atoms with Crippen LogP contribution in [0.1, 0.15) is 58.5 Å². The molecule has 0 radical (unpaired) electrons. The fraction of sp³-hybridized carbons (Fsp3) is 0.407. The summed E-state index contributed by atoms with van der Waals surface area (Å²) in [5.74, 6) is 0.849. The molecule has 1 aromatic heterocycles. The van der Waals surface area contributed by atoms with E-state index < -0.39 is 0 Å². The summed E-state index contributed by atoms with van der Waals surface area (Å²) < 4.78 is 11.0. The standard InChI is InChI=1S/C27H33N3O3/c1-18(2)21-7-9-22(10-8-21)25(30-11-13-32-14-12-30)17-28-27(31)24-16-26(33-29-24)23-6-5-19(3)20(4)15-23/h5-10,15-16,18,25H,11-14,17H2,1-4H3,(H,28,31). The van der Waals surface area contributed by atoms with Crippen LogP contribution in [0.25, 0.3) is 11.3 Å². The highest BCUT2D eigenvalue weighted by atomic mass is 16.5. The smallest absolute Gasteiger partial charge is 0.273 e. The molecule has 1 aliphatic heterocycles. The number of aryl methyl sites for hydroxylation is 2. The van der Waals surface area contributed by atoms with Crippen molar-refractivity contribution in [3.63, 3.8) is 0 Å². The minimum absolute atomic E-state index is 0.0742. The van der Waals surface area contributed by atoms with Gasteiger partial charge in [-0.15, -0.1) is 0 Å². The molecule has 4 rings (SSSR count). The fourth-order valence-electron chi connectivity index (χ4n) is 4.14. The normalized spacial score (nSPS) is 15.5. The molecule has 1 N–H and O–H groups in total. The van der Waals surface area contributed by atoms with Crippen molar-refractivity contribution < 1.29 is 14.1 Å². The number of nitrogens with zero attached hydrogens (tertiary/aromatic N) is 2. The molecule has 1 fully saturated rings. The van der Waals surface area contributed by atoms with E-state index in [2.05, 4.69) is 67.3 Å². The predicted molar refractivity (Wildman–Crippen MR) is 129 cm³/mol. The summed E-state index contributed by atoms with van der Waals surface area (Å²) in [6.45, 7) is 12.1. The van der Waals surface area contributed by atoms with Gasteiger partial charge in [-0.05, 0) is 48.1 Å². The second kappa shape index (κ2) is 10.3. The molecular weight excluding hydrogens is 414 g/mol. The number of aromatic nitrogens is 1. The molecule has 6 heteroatoms. The van der Waals surface area contributed by atoms with Gasteiger partial charge in [-0.2, -0.15) is 0 Å². The maximum absolute atomic E-state index is 12.9. The van der Waals surface area contributed by atoms with Gasteiger partial charge in [0.15, 0.2) is 11.5 Å². The SMILES string of the molecule is Cc1ccc(-c2cc(C(=O)NCC(c3ccc(C(C)C)cc3)N3CCOCC3)no2)cc1C. The van der Waals surface area contributed by atoms with Crippen molar-refractivity contribution in [2.45, 2.75) is 39.7 Å². The lowest BCUT2D eigenvalue weighted by molar-refractivity contribution is 0.0162. The minimum Gasteiger partial charge on any atom is -0.379 e. The molecule has 0 bridgehead atoms. The number of amides is 1. The molecule has 6 nitrogen and oxygen atoms in total. The average Bonchev–Trinajstić information content (AvgIpc) is 3.32. The van der Waals surface area contributed by atoms with E-state index in [9.17, 15) is 4.79 Å². The van der Waals surface area contributed by atoms with Crippen LogP contribution in [-0.4, -0.2) is 48.8 Å². The van der Waals surface area contributed by atoms with E-state index in [0.29, 0.717) is 37.1 Å². The molecule has 1 unspecified atom stereocenters. The second-order valence-electron chi connectivity index (χ2n) is 9.07. The Kier molecular flexibility index (Phi) is 7.26. The zero-order valence-corrected chi connectivity index (χ0v) is 19.9. The van der Waals surface area contributed by atoms with E-state index in [1.807, 2.05) is 18.2 Å². The van der Waals surface area contributed by atoms with Gasteiger partial charge in [0.2, 0.25) is 0 Å². The third-order valence-electron chi connectivity index (χ3n) is 6.46. The Morgan fingerprint density at radius 1 is 1.00 bits per heavy atom. The van der Waals surface area contributed by atoms with Gasteiger partial charge < -0.3 is 14.6 Å². The van der Waals surface area contributed by atoms with Crippen molar-refractivity contribution >= 4 is 5.91 Å². The molecular formula is C27H33N3O3. The van der Waals surface area contributed by atoms with E-state index in [-0.39, 0.29) is 11.9 Å². The number of hydrogen-bond acceptors (Lipinski definition) is 5. The number of rotatable bonds is 7. The maximum Gasteiger partial charge on any atom is 0.273 e. The Morgan fingerprint density at radius 2 is 1.70 bits per heavy atom. The van der Waals surface area contributed by atoms with Crippen LogP contribution in [0.3, 0.4) is 0 Å². The summed E-state index contributed by atoms with van der Waals surface area (Å²) in [5, 5.41) is 7.09. The van der Waals surface area contributed by atoms with Crippen LogP contribution in [0.15, 0.2) is 53.1 Å². The highest BCUT2D eigenvalue weighted by molar-refractivity contribution is 5.93. The Hall–Kier alpha value is -2.96. The van der Waals surface area contributed by atoms with Gasteiger partial charge in [0.05, 0.1) is 19.3 Å². The molecule has 33 heavy (non-hydrogen) atoms. The van der Waals surface area contributed by atoms with Crippen LogP contribution in [0.5, 0.6) is 0 Å². The Bertz CT molecular complexity index is 1080. The molecule has 0 spiro atoms. The molecule has 1 atom stereocenters. The van der Waals surface area contributed by atoms with Crippen molar-refractivity contribution in [1.82, 2.24) is 15.4 Å². The van der Waals surface area contributed by atoms with Crippen molar-refractivity contribution in [3.8, 4) is 11.3 Å². The van der Waals surface area contributed by atoms with Gasteiger partial charge in [0.25, 0.3) is 5.91 Å². The third-order valence-corrected chi connectivity index (χ3v) is 6.46. The summed E-state index contributed by atoms with van der Waals surface area (Å²) in [4.78, 5) is 15.3. The molecule has 1 saturated heterocycles. The van der Waals surface area contributed by atoms with Gasteiger partial charge in [0.1, 0.15) is 0 Å². The van der Waals surface area contributed by atoms with Crippen molar-refractivity contribution in [1.29, 1.82) is 0 Å². The van der Waals surface area contributed by atoms with Crippen molar-refractivity contribution in [3.05, 3.63) is 76.5 Å². The largest absolute Gasteiger partial charge is 0.379 e. The minimum atomic E-state index is -0.231. The molecule has 3 aromatic rings. The lowest BCUT2D eigenvalue weighted by Gasteiger charge is -2.35. The maximum atomic E-state index is 12.9. The van der Waals surface area contributed by atoms with Crippen LogP contribution < -0.4 is 5.32 Å². The number of carbonyl (C=O) groups excluding carboxylic acids is 1. The zero-order chi connectivity index (χ0) is 23.4. The van der Waals surface area contributed by atoms with Gasteiger partial charge in [-0.3, -0.25) is 9.69 Å². The monoisotopic (exact) mass is 447 g/mol. The Balaban J connectivity index is 1.47. The first-order valence-corrected chi connectivity index (χ1v) is 11.7. The first kappa shape index (κ1) is 23.2. The number of ether oxygens (including phenoxy) is 1. The van der Waals surface area contributed by atoms with E-state index in [1.54, 1.807) is 6.07 Å². The van der Waals surface area contributed by atoms with Crippen LogP contribution in [0.4, 0.5) is 0 Å². The molecule has 0 aliphatic carbocycles. The Labute approximate surface area is 195 Å². The third kappa shape index (κ3) is 5.52. The average molecular weight is 448 g/mol. The fourth-order valence-corrected chi connectivity index (χ4v) is 4.14. The summed E-state index contributed by atoms with van der Waals surface area (Å²) in [6, 6.07) is 16.6. The van der Waals surface area contributed by atoms with Crippen molar-refractivity contribution in [2.75, 3.05) is 32.8 Å². The van der Waals surface area contributed by atoms with Crippen LogP contribution in [0, 0.1) is 13.8 Å². The highest BCUT2D eigenvalue weighted by Gasteiger charge is 2.24. The molecule has 1 amide bonds. The number of nitrogens with one attached hydrogen (secondary N) is 1. The summed E-state index contributed by atoms with van der Waals surface area (Å²) in [6.07, 6.45) is 0. The van der Waals surface area contributed by atoms with E-state index in [0.717, 1.165) is 18.7 Å². The first-order chi connectivity index (χ1) is 15.9. The molecule has 2 aromatic carbocycles. The lowest BCUT2D eigenvalue weighted by atomic mass is 9.98. The number of hydrogen-bond donors (Lipinski definition) is 1. The first-order valence-electron chi connectivity index (χ1n) is 11.7. The second-order valence-corrected chi connectivity index (χ2v) is 9.07. The molecule has 0 saturated carbocycles. The van der Waals surface area contributed by atoms with Crippen LogP contribution >= 0.6 is 0 Å². The zero-order valence-electron chi connectivity index (χ0n) is 19.9. The van der Waals surface area contributed by atoms with E-state index in [4.69, 9.17) is 9.26 Å². The van der Waals surface area contributed by atoms with Crippen molar-refractivity contribution in [2.24, 2.45) is 0 Å². The van der Waals surface area contributed by atoms with Gasteiger partial charge in [0, 0.05) is 31.3 Å². The predicted octanol–water partition coefficient (Wildman–Crippen LogP) is 4.89. The highest BCUT2D eigenvalue weighted by Crippen LogP contribution is 2.25. The van der Waals surface area contributed by atoms with Gasteiger partial charge in [-0.25, -0.2) is 0 Å².